The van der Waals surface area contributed by atoms with Crippen LogP contribution in [0.3, 0.4) is 0 Å². The van der Waals surface area contributed by atoms with E-state index in [0.29, 0.717) is 16.9 Å². The van der Waals surface area contributed by atoms with Crippen LogP contribution in [0, 0.1) is 0 Å². The SMILES string of the molecule is Cn1c(=O)oc2ccc(CC(=O)Nc3ccccn3)cc21. The van der Waals surface area contributed by atoms with Crippen molar-refractivity contribution >= 4 is 22.8 Å². The Morgan fingerprint density at radius 2 is 2.19 bits per heavy atom. The highest BCUT2D eigenvalue weighted by Gasteiger charge is 2.09. The molecule has 0 fully saturated rings. The fourth-order valence-corrected chi connectivity index (χ4v) is 2.09. The molecule has 3 aromatic rings. The van der Waals surface area contributed by atoms with Crippen LogP contribution in [0.15, 0.2) is 51.8 Å². The Bertz CT molecular complexity index is 849. The number of hydrogen-bond acceptors (Lipinski definition) is 4. The van der Waals surface area contributed by atoms with Crippen molar-refractivity contribution in [1.82, 2.24) is 9.55 Å². The monoisotopic (exact) mass is 283 g/mol. The molecule has 2 aromatic heterocycles. The Kier molecular flexibility index (Phi) is 3.27. The fourth-order valence-electron chi connectivity index (χ4n) is 2.09. The van der Waals surface area contributed by atoms with Crippen LogP contribution >= 0.6 is 0 Å². The number of amides is 1. The van der Waals surface area contributed by atoms with Crippen molar-refractivity contribution in [3.63, 3.8) is 0 Å². The molecule has 0 unspecified atom stereocenters. The number of benzene rings is 1. The van der Waals surface area contributed by atoms with Gasteiger partial charge in [-0.05, 0) is 29.8 Å². The summed E-state index contributed by atoms with van der Waals surface area (Å²) in [6, 6.07) is 10.5. The van der Waals surface area contributed by atoms with E-state index in [2.05, 4.69) is 10.3 Å². The van der Waals surface area contributed by atoms with Crippen molar-refractivity contribution in [2.75, 3.05) is 5.32 Å². The Balaban J connectivity index is 1.80. The second-order valence-corrected chi connectivity index (χ2v) is 4.67. The number of aromatic nitrogens is 2. The smallest absolute Gasteiger partial charge is 0.408 e. The molecule has 0 spiro atoms. The number of carbonyl (C=O) groups is 1. The van der Waals surface area contributed by atoms with Gasteiger partial charge in [0.25, 0.3) is 0 Å². The van der Waals surface area contributed by atoms with E-state index in [4.69, 9.17) is 4.42 Å². The average Bonchev–Trinajstić information content (AvgIpc) is 2.75. The van der Waals surface area contributed by atoms with Crippen LogP contribution in [-0.2, 0) is 18.3 Å². The number of nitrogens with one attached hydrogen (secondary N) is 1. The first-order valence-corrected chi connectivity index (χ1v) is 6.43. The van der Waals surface area contributed by atoms with Crippen molar-refractivity contribution < 1.29 is 9.21 Å². The lowest BCUT2D eigenvalue weighted by molar-refractivity contribution is -0.115. The van der Waals surface area contributed by atoms with Gasteiger partial charge < -0.3 is 9.73 Å². The number of hydrogen-bond donors (Lipinski definition) is 1. The summed E-state index contributed by atoms with van der Waals surface area (Å²) in [5, 5.41) is 2.72. The number of oxazole rings is 1. The van der Waals surface area contributed by atoms with E-state index in [1.165, 1.54) is 4.57 Å². The molecule has 2 heterocycles. The zero-order valence-electron chi connectivity index (χ0n) is 11.4. The number of aryl methyl sites for hydroxylation is 1. The summed E-state index contributed by atoms with van der Waals surface area (Å²) in [6.45, 7) is 0. The summed E-state index contributed by atoms with van der Waals surface area (Å²) in [4.78, 5) is 27.4. The zero-order valence-corrected chi connectivity index (χ0v) is 11.4. The summed E-state index contributed by atoms with van der Waals surface area (Å²) in [5.74, 6) is -0.0686. The van der Waals surface area contributed by atoms with Crippen LogP contribution in [0.2, 0.25) is 0 Å². The zero-order chi connectivity index (χ0) is 14.8. The van der Waals surface area contributed by atoms with E-state index in [0.717, 1.165) is 5.56 Å². The van der Waals surface area contributed by atoms with Gasteiger partial charge in [0, 0.05) is 13.2 Å². The van der Waals surface area contributed by atoms with E-state index >= 15 is 0 Å². The second kappa shape index (κ2) is 5.24. The normalized spacial score (nSPS) is 10.7. The fraction of sp³-hybridized carbons (Fsp3) is 0.133. The Morgan fingerprint density at radius 3 is 2.95 bits per heavy atom. The lowest BCUT2D eigenvalue weighted by Gasteiger charge is -2.04. The van der Waals surface area contributed by atoms with Crippen LogP contribution in [0.25, 0.3) is 11.1 Å². The van der Waals surface area contributed by atoms with Crippen LogP contribution in [0.5, 0.6) is 0 Å². The van der Waals surface area contributed by atoms with Gasteiger partial charge in [0.2, 0.25) is 5.91 Å². The van der Waals surface area contributed by atoms with Gasteiger partial charge in [-0.3, -0.25) is 9.36 Å². The molecule has 1 aromatic carbocycles. The van der Waals surface area contributed by atoms with E-state index in [1.54, 1.807) is 49.6 Å². The van der Waals surface area contributed by atoms with Crippen LogP contribution < -0.4 is 11.1 Å². The van der Waals surface area contributed by atoms with Gasteiger partial charge in [-0.2, -0.15) is 0 Å². The van der Waals surface area contributed by atoms with Crippen molar-refractivity contribution in [3.8, 4) is 0 Å². The second-order valence-electron chi connectivity index (χ2n) is 4.67. The van der Waals surface area contributed by atoms with Crippen molar-refractivity contribution in [2.24, 2.45) is 7.05 Å². The Labute approximate surface area is 120 Å². The summed E-state index contributed by atoms with van der Waals surface area (Å²) < 4.78 is 6.46. The number of carbonyl (C=O) groups excluding carboxylic acids is 1. The predicted octanol–water partition coefficient (Wildman–Crippen LogP) is 1.71. The van der Waals surface area contributed by atoms with E-state index in [-0.39, 0.29) is 12.3 Å². The minimum atomic E-state index is -0.417. The molecule has 0 radical (unpaired) electrons. The molecule has 3 rings (SSSR count). The van der Waals surface area contributed by atoms with Crippen LogP contribution in [0.4, 0.5) is 5.82 Å². The molecule has 0 atom stereocenters. The highest BCUT2D eigenvalue weighted by Crippen LogP contribution is 2.15. The van der Waals surface area contributed by atoms with Crippen molar-refractivity contribution in [1.29, 1.82) is 0 Å². The Morgan fingerprint density at radius 1 is 1.33 bits per heavy atom. The molecular formula is C15H13N3O3. The molecule has 0 aliphatic rings. The van der Waals surface area contributed by atoms with Crippen molar-refractivity contribution in [2.45, 2.75) is 6.42 Å². The summed E-state index contributed by atoms with van der Waals surface area (Å²) >= 11 is 0. The average molecular weight is 283 g/mol. The third-order valence-corrected chi connectivity index (χ3v) is 3.15. The molecule has 6 nitrogen and oxygen atoms in total. The van der Waals surface area contributed by atoms with Gasteiger partial charge >= 0.3 is 5.76 Å². The Hall–Kier alpha value is -2.89. The number of fused-ring (bicyclic) bond motifs is 1. The maximum Gasteiger partial charge on any atom is 0.419 e. The van der Waals surface area contributed by atoms with Gasteiger partial charge in [0.15, 0.2) is 5.58 Å². The van der Waals surface area contributed by atoms with E-state index < -0.39 is 5.76 Å². The number of anilines is 1. The van der Waals surface area contributed by atoms with E-state index in [1.807, 2.05) is 0 Å². The lowest BCUT2D eigenvalue weighted by atomic mass is 10.1. The topological polar surface area (TPSA) is 77.1 Å². The molecule has 0 aliphatic carbocycles. The molecule has 0 saturated carbocycles. The first-order valence-electron chi connectivity index (χ1n) is 6.43. The molecule has 106 valence electrons. The minimum Gasteiger partial charge on any atom is -0.408 e. The van der Waals surface area contributed by atoms with Gasteiger partial charge in [-0.15, -0.1) is 0 Å². The largest absolute Gasteiger partial charge is 0.419 e. The third-order valence-electron chi connectivity index (χ3n) is 3.15. The lowest BCUT2D eigenvalue weighted by Crippen LogP contribution is -2.15. The molecule has 0 aliphatic heterocycles. The minimum absolute atomic E-state index is 0.165. The first kappa shape index (κ1) is 13.1. The van der Waals surface area contributed by atoms with Crippen LogP contribution in [-0.4, -0.2) is 15.5 Å². The molecule has 1 amide bonds. The van der Waals surface area contributed by atoms with Gasteiger partial charge in [0.05, 0.1) is 11.9 Å². The predicted molar refractivity (Wildman–Crippen MR) is 78.0 cm³/mol. The number of rotatable bonds is 3. The molecule has 1 N–H and O–H groups in total. The van der Waals surface area contributed by atoms with Crippen LogP contribution in [0.1, 0.15) is 5.56 Å². The van der Waals surface area contributed by atoms with E-state index in [9.17, 15) is 9.59 Å². The van der Waals surface area contributed by atoms with Gasteiger partial charge in [0.1, 0.15) is 5.82 Å². The third kappa shape index (κ3) is 2.69. The highest BCUT2D eigenvalue weighted by molar-refractivity contribution is 5.91. The maximum absolute atomic E-state index is 12.0. The summed E-state index contributed by atoms with van der Waals surface area (Å²) in [6.07, 6.45) is 1.81. The summed E-state index contributed by atoms with van der Waals surface area (Å²) in [5.41, 5.74) is 1.98. The standard InChI is InChI=1S/C15H13N3O3/c1-18-11-8-10(5-6-12(11)21-15(18)20)9-14(19)17-13-4-2-3-7-16-13/h2-8H,9H2,1H3,(H,16,17,19). The molecule has 6 heteroatoms. The first-order chi connectivity index (χ1) is 10.1. The molecule has 0 saturated heterocycles. The van der Waals surface area contributed by atoms with Gasteiger partial charge in [-0.25, -0.2) is 9.78 Å². The molecule has 21 heavy (non-hydrogen) atoms. The number of pyridine rings is 1. The quantitative estimate of drug-likeness (QED) is 0.793. The molecule has 0 bridgehead atoms. The van der Waals surface area contributed by atoms with Gasteiger partial charge in [-0.1, -0.05) is 12.1 Å². The molecular weight excluding hydrogens is 270 g/mol. The maximum atomic E-state index is 12.0. The highest BCUT2D eigenvalue weighted by atomic mass is 16.4. The van der Waals surface area contributed by atoms with Crippen molar-refractivity contribution in [3.05, 3.63) is 58.7 Å². The number of nitrogens with zero attached hydrogens (tertiary/aromatic N) is 2. The summed E-state index contributed by atoms with van der Waals surface area (Å²) in [7, 11) is 1.63.